The fourth-order valence-corrected chi connectivity index (χ4v) is 3.47. The number of aryl methyl sites for hydroxylation is 1. The molecule has 0 spiro atoms. The minimum absolute atomic E-state index is 0.0623. The molecule has 6 heteroatoms. The second kappa shape index (κ2) is 7.07. The highest BCUT2D eigenvalue weighted by Crippen LogP contribution is 2.28. The lowest BCUT2D eigenvalue weighted by molar-refractivity contribution is 0.0711. The number of hydrogen-bond donors (Lipinski definition) is 0. The van der Waals surface area contributed by atoms with Crippen LogP contribution in [0.15, 0.2) is 55.1 Å². The highest BCUT2D eigenvalue weighted by atomic mass is 16.2. The van der Waals surface area contributed by atoms with E-state index in [1.807, 2.05) is 40.8 Å². The van der Waals surface area contributed by atoms with Gasteiger partial charge in [0.25, 0.3) is 5.91 Å². The van der Waals surface area contributed by atoms with Gasteiger partial charge < -0.3 is 4.90 Å². The summed E-state index contributed by atoms with van der Waals surface area (Å²) in [5.41, 5.74) is 1.74. The van der Waals surface area contributed by atoms with Gasteiger partial charge in [-0.25, -0.2) is 9.97 Å². The van der Waals surface area contributed by atoms with Crippen molar-refractivity contribution in [1.82, 2.24) is 24.4 Å². The van der Waals surface area contributed by atoms with E-state index in [9.17, 15) is 4.79 Å². The van der Waals surface area contributed by atoms with Crippen molar-refractivity contribution in [2.75, 3.05) is 13.1 Å². The van der Waals surface area contributed by atoms with Crippen molar-refractivity contribution in [3.63, 3.8) is 0 Å². The van der Waals surface area contributed by atoms with E-state index >= 15 is 0 Å². The van der Waals surface area contributed by atoms with Crippen LogP contribution in [-0.4, -0.2) is 43.4 Å². The van der Waals surface area contributed by atoms with Gasteiger partial charge in [0.2, 0.25) is 0 Å². The topological polar surface area (TPSA) is 63.9 Å². The van der Waals surface area contributed by atoms with E-state index in [0.29, 0.717) is 11.5 Å². The van der Waals surface area contributed by atoms with Gasteiger partial charge in [-0.15, -0.1) is 0 Å². The van der Waals surface area contributed by atoms with Crippen LogP contribution in [0.2, 0.25) is 0 Å². The zero-order valence-electron chi connectivity index (χ0n) is 14.7. The second-order valence-electron chi connectivity index (χ2n) is 6.57. The van der Waals surface area contributed by atoms with Crippen LogP contribution in [0.1, 0.15) is 40.6 Å². The Morgan fingerprint density at radius 2 is 1.96 bits per heavy atom. The van der Waals surface area contributed by atoms with E-state index in [2.05, 4.69) is 16.0 Å². The van der Waals surface area contributed by atoms with Crippen LogP contribution in [0.3, 0.4) is 0 Å². The highest BCUT2D eigenvalue weighted by Gasteiger charge is 2.25. The molecule has 26 heavy (non-hydrogen) atoms. The predicted molar refractivity (Wildman–Crippen MR) is 98.2 cm³/mol. The van der Waals surface area contributed by atoms with Gasteiger partial charge in [0.1, 0.15) is 11.6 Å². The number of piperidine rings is 1. The first kappa shape index (κ1) is 16.4. The summed E-state index contributed by atoms with van der Waals surface area (Å²) >= 11 is 0. The maximum atomic E-state index is 12.5. The Balaban J connectivity index is 1.45. The van der Waals surface area contributed by atoms with Crippen LogP contribution in [0.4, 0.5) is 0 Å². The van der Waals surface area contributed by atoms with E-state index in [1.165, 1.54) is 0 Å². The Bertz CT molecular complexity index is 897. The lowest BCUT2D eigenvalue weighted by Crippen LogP contribution is -2.38. The molecule has 1 amide bonds. The molecule has 0 aromatic carbocycles. The third-order valence-electron chi connectivity index (χ3n) is 4.94. The summed E-state index contributed by atoms with van der Waals surface area (Å²) in [7, 11) is 0. The molecule has 0 aliphatic carbocycles. The summed E-state index contributed by atoms with van der Waals surface area (Å²) in [5.74, 6) is 2.25. The number of imidazole rings is 1. The van der Waals surface area contributed by atoms with E-state index in [-0.39, 0.29) is 5.91 Å². The maximum Gasteiger partial charge on any atom is 0.255 e. The standard InChI is InChI=1S/C20H21N5O/c1-15-22-10-13-25(15)19-6-2-5-18(23-19)16-7-11-24(12-8-16)20(26)17-4-3-9-21-14-17/h2-6,9-10,13-14,16H,7-8,11-12H2,1H3. The van der Waals surface area contributed by atoms with Crippen molar-refractivity contribution >= 4 is 5.91 Å². The van der Waals surface area contributed by atoms with Crippen LogP contribution in [0.5, 0.6) is 0 Å². The molecule has 6 nitrogen and oxygen atoms in total. The first-order chi connectivity index (χ1) is 12.7. The Labute approximate surface area is 152 Å². The second-order valence-corrected chi connectivity index (χ2v) is 6.57. The summed E-state index contributed by atoms with van der Waals surface area (Å²) in [6.45, 7) is 3.46. The molecule has 0 N–H and O–H groups in total. The molecule has 0 saturated carbocycles. The molecule has 132 valence electrons. The SMILES string of the molecule is Cc1nccn1-c1cccc(C2CCN(C(=O)c3cccnc3)CC2)n1. The Kier molecular flexibility index (Phi) is 4.48. The molecule has 0 unspecified atom stereocenters. The van der Waals surface area contributed by atoms with Crippen LogP contribution < -0.4 is 0 Å². The Morgan fingerprint density at radius 1 is 1.12 bits per heavy atom. The van der Waals surface area contributed by atoms with Crippen molar-refractivity contribution in [1.29, 1.82) is 0 Å². The normalized spacial score (nSPS) is 15.2. The van der Waals surface area contributed by atoms with Crippen LogP contribution in [-0.2, 0) is 0 Å². The van der Waals surface area contributed by atoms with Gasteiger partial charge in [0, 0.05) is 49.5 Å². The number of carbonyl (C=O) groups is 1. The van der Waals surface area contributed by atoms with Gasteiger partial charge in [0.15, 0.2) is 0 Å². The van der Waals surface area contributed by atoms with Crippen molar-refractivity contribution < 1.29 is 4.79 Å². The van der Waals surface area contributed by atoms with Gasteiger partial charge in [-0.3, -0.25) is 14.3 Å². The number of nitrogens with zero attached hydrogens (tertiary/aromatic N) is 5. The quantitative estimate of drug-likeness (QED) is 0.731. The average Bonchev–Trinajstić information content (AvgIpc) is 3.14. The molecule has 1 saturated heterocycles. The molecule has 0 radical (unpaired) electrons. The average molecular weight is 347 g/mol. The summed E-state index contributed by atoms with van der Waals surface area (Å²) in [6.07, 6.45) is 8.87. The maximum absolute atomic E-state index is 12.5. The fraction of sp³-hybridized carbons (Fsp3) is 0.300. The number of amides is 1. The summed E-state index contributed by atoms with van der Waals surface area (Å²) in [6, 6.07) is 9.75. The smallest absolute Gasteiger partial charge is 0.255 e. The van der Waals surface area contributed by atoms with Gasteiger partial charge in [-0.05, 0) is 44.0 Å². The molecule has 1 aliphatic rings. The number of hydrogen-bond acceptors (Lipinski definition) is 4. The summed E-state index contributed by atoms with van der Waals surface area (Å²) in [5, 5.41) is 0. The third-order valence-corrected chi connectivity index (χ3v) is 4.94. The number of rotatable bonds is 3. The van der Waals surface area contributed by atoms with E-state index in [0.717, 1.165) is 43.3 Å². The first-order valence-electron chi connectivity index (χ1n) is 8.89. The van der Waals surface area contributed by atoms with Crippen LogP contribution in [0, 0.1) is 6.92 Å². The molecule has 0 bridgehead atoms. The number of carbonyl (C=O) groups excluding carboxylic acids is 1. The zero-order valence-corrected chi connectivity index (χ0v) is 14.7. The largest absolute Gasteiger partial charge is 0.339 e. The molecule has 0 atom stereocenters. The summed E-state index contributed by atoms with van der Waals surface area (Å²) < 4.78 is 1.99. The van der Waals surface area contributed by atoms with Crippen molar-refractivity contribution in [3.05, 3.63) is 72.2 Å². The van der Waals surface area contributed by atoms with Crippen LogP contribution >= 0.6 is 0 Å². The molecule has 1 aliphatic heterocycles. The van der Waals surface area contributed by atoms with Gasteiger partial charge in [-0.2, -0.15) is 0 Å². The lowest BCUT2D eigenvalue weighted by atomic mass is 9.92. The number of likely N-dealkylation sites (tertiary alicyclic amines) is 1. The van der Waals surface area contributed by atoms with Crippen molar-refractivity contribution in [3.8, 4) is 5.82 Å². The van der Waals surface area contributed by atoms with Crippen molar-refractivity contribution in [2.45, 2.75) is 25.7 Å². The van der Waals surface area contributed by atoms with E-state index in [1.54, 1.807) is 24.7 Å². The van der Waals surface area contributed by atoms with Gasteiger partial charge in [0.05, 0.1) is 5.56 Å². The predicted octanol–water partition coefficient (Wildman–Crippen LogP) is 2.99. The molecular weight excluding hydrogens is 326 g/mol. The van der Waals surface area contributed by atoms with Gasteiger partial charge >= 0.3 is 0 Å². The number of pyridine rings is 2. The fourth-order valence-electron chi connectivity index (χ4n) is 3.47. The third kappa shape index (κ3) is 3.22. The Morgan fingerprint density at radius 3 is 2.65 bits per heavy atom. The van der Waals surface area contributed by atoms with Crippen molar-refractivity contribution in [2.24, 2.45) is 0 Å². The molecule has 3 aromatic rings. The minimum atomic E-state index is 0.0623. The zero-order chi connectivity index (χ0) is 17.9. The van der Waals surface area contributed by atoms with Gasteiger partial charge in [-0.1, -0.05) is 6.07 Å². The Hall–Kier alpha value is -3.02. The summed E-state index contributed by atoms with van der Waals surface area (Å²) in [4.78, 5) is 27.6. The highest BCUT2D eigenvalue weighted by molar-refractivity contribution is 5.93. The molecule has 1 fully saturated rings. The van der Waals surface area contributed by atoms with E-state index in [4.69, 9.17) is 4.98 Å². The first-order valence-corrected chi connectivity index (χ1v) is 8.89. The molecular formula is C20H21N5O. The molecule has 4 rings (SSSR count). The minimum Gasteiger partial charge on any atom is -0.339 e. The molecule has 3 aromatic heterocycles. The molecule has 4 heterocycles. The van der Waals surface area contributed by atoms with E-state index < -0.39 is 0 Å². The number of aromatic nitrogens is 4. The lowest BCUT2D eigenvalue weighted by Gasteiger charge is -2.32. The van der Waals surface area contributed by atoms with Crippen LogP contribution in [0.25, 0.3) is 5.82 Å². The monoisotopic (exact) mass is 347 g/mol.